The van der Waals surface area contributed by atoms with Crippen molar-refractivity contribution in [2.24, 2.45) is 0 Å². The van der Waals surface area contributed by atoms with Gasteiger partial charge in [0.25, 0.3) is 0 Å². The van der Waals surface area contributed by atoms with E-state index in [-0.39, 0.29) is 11.7 Å². The molecule has 2 N–H and O–H groups in total. The van der Waals surface area contributed by atoms with Crippen LogP contribution in [0.4, 0.5) is 5.69 Å². The van der Waals surface area contributed by atoms with E-state index in [0.29, 0.717) is 10.2 Å². The first-order valence-corrected chi connectivity index (χ1v) is 4.15. The van der Waals surface area contributed by atoms with E-state index in [1.165, 1.54) is 19.1 Å². The van der Waals surface area contributed by atoms with Gasteiger partial charge >= 0.3 is 0 Å². The summed E-state index contributed by atoms with van der Waals surface area (Å²) in [5, 5.41) is 11.6. The Labute approximate surface area is 78.5 Å². The van der Waals surface area contributed by atoms with E-state index in [4.69, 9.17) is 5.11 Å². The van der Waals surface area contributed by atoms with Crippen molar-refractivity contribution in [2.75, 3.05) is 5.32 Å². The summed E-state index contributed by atoms with van der Waals surface area (Å²) < 4.78 is 0.665. The largest absolute Gasteiger partial charge is 0.508 e. The number of phenols is 1. The van der Waals surface area contributed by atoms with Crippen LogP contribution in [0, 0.1) is 0 Å². The average Bonchev–Trinajstić information content (AvgIpc) is 1.94. The van der Waals surface area contributed by atoms with Crippen LogP contribution >= 0.6 is 15.9 Å². The number of nitrogens with one attached hydrogen (secondary N) is 1. The smallest absolute Gasteiger partial charge is 0.221 e. The fourth-order valence-corrected chi connectivity index (χ4v) is 1.26. The Hall–Kier alpha value is -1.03. The van der Waals surface area contributed by atoms with Crippen LogP contribution in [0.15, 0.2) is 22.7 Å². The summed E-state index contributed by atoms with van der Waals surface area (Å²) in [7, 11) is 0. The first kappa shape index (κ1) is 9.06. The zero-order valence-corrected chi connectivity index (χ0v) is 8.05. The summed E-state index contributed by atoms with van der Waals surface area (Å²) >= 11 is 3.20. The maximum absolute atomic E-state index is 10.7. The van der Waals surface area contributed by atoms with Crippen molar-refractivity contribution >= 4 is 27.5 Å². The van der Waals surface area contributed by atoms with Gasteiger partial charge in [0, 0.05) is 11.4 Å². The van der Waals surface area contributed by atoms with E-state index in [9.17, 15) is 4.79 Å². The standard InChI is InChI=1S/C8H8BrNO2/c1-5(11)10-8-3-2-6(12)4-7(8)9/h2-4,12H,1H3,(H,10,11). The monoisotopic (exact) mass is 229 g/mol. The van der Waals surface area contributed by atoms with Gasteiger partial charge in [0.1, 0.15) is 5.75 Å². The van der Waals surface area contributed by atoms with Gasteiger partial charge < -0.3 is 10.4 Å². The van der Waals surface area contributed by atoms with Gasteiger partial charge in [-0.2, -0.15) is 0 Å². The average molecular weight is 230 g/mol. The molecule has 0 atom stereocenters. The van der Waals surface area contributed by atoms with Gasteiger partial charge in [-0.25, -0.2) is 0 Å². The summed E-state index contributed by atoms with van der Waals surface area (Å²) in [6.07, 6.45) is 0. The highest BCUT2D eigenvalue weighted by Gasteiger charge is 2.01. The summed E-state index contributed by atoms with van der Waals surface area (Å²) in [5.74, 6) is 0.0253. The second kappa shape index (κ2) is 3.58. The van der Waals surface area contributed by atoms with Gasteiger partial charge in [-0.05, 0) is 34.1 Å². The van der Waals surface area contributed by atoms with E-state index in [1.807, 2.05) is 0 Å². The number of benzene rings is 1. The Morgan fingerprint density at radius 1 is 1.58 bits per heavy atom. The van der Waals surface area contributed by atoms with E-state index in [0.717, 1.165) is 0 Å². The number of anilines is 1. The molecule has 4 heteroatoms. The maximum Gasteiger partial charge on any atom is 0.221 e. The zero-order chi connectivity index (χ0) is 9.14. The normalized spacial score (nSPS) is 9.50. The molecule has 1 aromatic carbocycles. The summed E-state index contributed by atoms with van der Waals surface area (Å²) in [5.41, 5.74) is 0.653. The predicted molar refractivity (Wildman–Crippen MR) is 50.1 cm³/mol. The molecule has 0 aliphatic carbocycles. The topological polar surface area (TPSA) is 49.3 Å². The Morgan fingerprint density at radius 3 is 2.75 bits per heavy atom. The van der Waals surface area contributed by atoms with Gasteiger partial charge in [-0.1, -0.05) is 0 Å². The second-order valence-electron chi connectivity index (χ2n) is 2.35. The van der Waals surface area contributed by atoms with Gasteiger partial charge in [-0.3, -0.25) is 4.79 Å². The molecule has 0 unspecified atom stereocenters. The van der Waals surface area contributed by atoms with Crippen LogP contribution in [0.2, 0.25) is 0 Å². The molecule has 0 bridgehead atoms. The molecular weight excluding hydrogens is 222 g/mol. The van der Waals surface area contributed by atoms with Crippen molar-refractivity contribution in [1.82, 2.24) is 0 Å². The third-order valence-corrected chi connectivity index (χ3v) is 1.92. The van der Waals surface area contributed by atoms with Crippen LogP contribution in [0.1, 0.15) is 6.92 Å². The summed E-state index contributed by atoms with van der Waals surface area (Å²) in [4.78, 5) is 10.7. The molecule has 0 spiro atoms. The lowest BCUT2D eigenvalue weighted by atomic mass is 10.3. The first-order valence-electron chi connectivity index (χ1n) is 3.35. The molecule has 0 heterocycles. The van der Waals surface area contributed by atoms with Gasteiger partial charge in [0.05, 0.1) is 5.69 Å². The number of hydrogen-bond donors (Lipinski definition) is 2. The minimum absolute atomic E-state index is 0.138. The molecule has 64 valence electrons. The fourth-order valence-electron chi connectivity index (χ4n) is 0.795. The molecule has 0 radical (unpaired) electrons. The van der Waals surface area contributed by atoms with Crippen LogP contribution in [0.3, 0.4) is 0 Å². The SMILES string of the molecule is CC(=O)Nc1ccc(O)cc1Br. The Balaban J connectivity index is 2.93. The van der Waals surface area contributed by atoms with E-state index in [1.54, 1.807) is 6.07 Å². The quantitative estimate of drug-likeness (QED) is 0.726. The van der Waals surface area contributed by atoms with Gasteiger partial charge in [0.2, 0.25) is 5.91 Å². The van der Waals surface area contributed by atoms with Crippen LogP contribution in [-0.2, 0) is 4.79 Å². The van der Waals surface area contributed by atoms with Gasteiger partial charge in [0.15, 0.2) is 0 Å². The van der Waals surface area contributed by atoms with E-state index < -0.39 is 0 Å². The van der Waals surface area contributed by atoms with Gasteiger partial charge in [-0.15, -0.1) is 0 Å². The molecule has 0 fully saturated rings. The number of hydrogen-bond acceptors (Lipinski definition) is 2. The lowest BCUT2D eigenvalue weighted by molar-refractivity contribution is -0.114. The number of carbonyl (C=O) groups excluding carboxylic acids is 1. The van der Waals surface area contributed by atoms with Crippen molar-refractivity contribution in [3.05, 3.63) is 22.7 Å². The molecule has 0 aliphatic heterocycles. The third kappa shape index (κ3) is 2.23. The fraction of sp³-hybridized carbons (Fsp3) is 0.125. The lowest BCUT2D eigenvalue weighted by Crippen LogP contribution is -2.05. The van der Waals surface area contributed by atoms with E-state index in [2.05, 4.69) is 21.2 Å². The number of halogens is 1. The number of phenolic OH excluding ortho intramolecular Hbond substituents is 1. The van der Waals surface area contributed by atoms with Crippen molar-refractivity contribution in [1.29, 1.82) is 0 Å². The number of aromatic hydroxyl groups is 1. The number of carbonyl (C=O) groups is 1. The maximum atomic E-state index is 10.7. The highest BCUT2D eigenvalue weighted by Crippen LogP contribution is 2.26. The predicted octanol–water partition coefficient (Wildman–Crippen LogP) is 2.11. The minimum Gasteiger partial charge on any atom is -0.508 e. The highest BCUT2D eigenvalue weighted by atomic mass is 79.9. The highest BCUT2D eigenvalue weighted by molar-refractivity contribution is 9.10. The molecule has 12 heavy (non-hydrogen) atoms. The van der Waals surface area contributed by atoms with Crippen molar-refractivity contribution in [3.63, 3.8) is 0 Å². The molecule has 1 amide bonds. The molecular formula is C8H8BrNO2. The Kier molecular flexibility index (Phi) is 2.70. The molecule has 0 saturated heterocycles. The number of rotatable bonds is 1. The molecule has 1 rings (SSSR count). The van der Waals surface area contributed by atoms with Crippen molar-refractivity contribution in [3.8, 4) is 5.75 Å². The summed E-state index contributed by atoms with van der Waals surface area (Å²) in [6.45, 7) is 1.43. The van der Waals surface area contributed by atoms with Crippen LogP contribution < -0.4 is 5.32 Å². The first-order chi connectivity index (χ1) is 5.59. The Morgan fingerprint density at radius 2 is 2.25 bits per heavy atom. The van der Waals surface area contributed by atoms with E-state index >= 15 is 0 Å². The second-order valence-corrected chi connectivity index (χ2v) is 3.20. The summed E-state index contributed by atoms with van der Waals surface area (Å²) in [6, 6.07) is 4.65. The third-order valence-electron chi connectivity index (χ3n) is 1.26. The molecule has 1 aromatic rings. The zero-order valence-electron chi connectivity index (χ0n) is 6.47. The molecule has 0 aliphatic rings. The van der Waals surface area contributed by atoms with Crippen molar-refractivity contribution in [2.45, 2.75) is 6.92 Å². The molecule has 0 saturated carbocycles. The lowest BCUT2D eigenvalue weighted by Gasteiger charge is -2.04. The van der Waals surface area contributed by atoms with Crippen LogP contribution in [0.5, 0.6) is 5.75 Å². The molecule has 0 aromatic heterocycles. The number of amides is 1. The van der Waals surface area contributed by atoms with Crippen LogP contribution in [-0.4, -0.2) is 11.0 Å². The molecule has 3 nitrogen and oxygen atoms in total. The Bertz CT molecular complexity index is 312. The van der Waals surface area contributed by atoms with Crippen LogP contribution in [0.25, 0.3) is 0 Å². The van der Waals surface area contributed by atoms with Crippen molar-refractivity contribution < 1.29 is 9.90 Å². The minimum atomic E-state index is -0.138.